The van der Waals surface area contributed by atoms with Crippen molar-refractivity contribution in [3.8, 4) is 11.5 Å². The van der Waals surface area contributed by atoms with E-state index in [1.165, 1.54) is 5.56 Å². The molecule has 0 bridgehead atoms. The Hall–Kier alpha value is -2.14. The van der Waals surface area contributed by atoms with Gasteiger partial charge >= 0.3 is 0 Å². The molecule has 0 aliphatic carbocycles. The molecule has 142 valence electrons. The molecule has 27 heavy (non-hydrogen) atoms. The minimum absolute atomic E-state index is 0.179. The first-order chi connectivity index (χ1) is 13.0. The molecule has 0 N–H and O–H groups in total. The van der Waals surface area contributed by atoms with Crippen LogP contribution in [-0.4, -0.2) is 30.9 Å². The van der Waals surface area contributed by atoms with Crippen LogP contribution in [0, 0.1) is 0 Å². The smallest absolute Gasteiger partial charge is 0.237 e. The molecule has 0 saturated heterocycles. The van der Waals surface area contributed by atoms with Crippen LogP contribution in [0.4, 0.5) is 5.69 Å². The van der Waals surface area contributed by atoms with Gasteiger partial charge in [0.15, 0.2) is 0 Å². The predicted molar refractivity (Wildman–Crippen MR) is 110 cm³/mol. The Morgan fingerprint density at radius 2 is 2.11 bits per heavy atom. The van der Waals surface area contributed by atoms with Crippen LogP contribution in [0.2, 0.25) is 0 Å². The fraction of sp³-hybridized carbons (Fsp3) is 0.409. The van der Waals surface area contributed by atoms with Crippen LogP contribution < -0.4 is 14.4 Å². The average molecular weight is 384 g/mol. The number of methoxy groups -OCH3 is 1. The molecule has 5 heteroatoms. The summed E-state index contributed by atoms with van der Waals surface area (Å²) in [7, 11) is 1.67. The molecule has 4 rings (SSSR count). The number of ether oxygens (including phenoxy) is 2. The standard InChI is InChI=1S/C22H25NO3S/c1-22(2)13-20(17-12-16(25-3)8-9-19(17)26-22)27-14-21(24)23-11-10-15-6-4-5-7-18(15)23/h4-9,12,20H,10-11,13-14H2,1-3H3/t20-/m1/s1. The molecule has 0 radical (unpaired) electrons. The molecule has 0 spiro atoms. The highest BCUT2D eigenvalue weighted by atomic mass is 32.2. The quantitative estimate of drug-likeness (QED) is 0.772. The van der Waals surface area contributed by atoms with Crippen LogP contribution in [-0.2, 0) is 11.2 Å². The fourth-order valence-electron chi connectivity index (χ4n) is 3.89. The van der Waals surface area contributed by atoms with Crippen molar-refractivity contribution in [3.63, 3.8) is 0 Å². The first-order valence-electron chi connectivity index (χ1n) is 9.34. The van der Waals surface area contributed by atoms with Crippen LogP contribution in [0.5, 0.6) is 11.5 Å². The molecule has 2 aromatic rings. The summed E-state index contributed by atoms with van der Waals surface area (Å²) in [6.07, 6.45) is 1.80. The summed E-state index contributed by atoms with van der Waals surface area (Å²) in [5, 5.41) is 0.209. The number of para-hydroxylation sites is 1. The first kappa shape index (κ1) is 18.2. The monoisotopic (exact) mass is 383 g/mol. The highest BCUT2D eigenvalue weighted by Gasteiger charge is 2.35. The maximum Gasteiger partial charge on any atom is 0.237 e. The van der Waals surface area contributed by atoms with E-state index in [9.17, 15) is 4.79 Å². The maximum atomic E-state index is 12.9. The highest BCUT2D eigenvalue weighted by Crippen LogP contribution is 2.47. The molecular formula is C22H25NO3S. The van der Waals surface area contributed by atoms with Crippen LogP contribution in [0.1, 0.15) is 36.6 Å². The predicted octanol–water partition coefficient (Wildman–Crippen LogP) is 4.62. The van der Waals surface area contributed by atoms with E-state index < -0.39 is 0 Å². The van der Waals surface area contributed by atoms with E-state index >= 15 is 0 Å². The van der Waals surface area contributed by atoms with E-state index in [-0.39, 0.29) is 16.8 Å². The van der Waals surface area contributed by atoms with Crippen LogP contribution >= 0.6 is 11.8 Å². The largest absolute Gasteiger partial charge is 0.497 e. The molecule has 1 amide bonds. The lowest BCUT2D eigenvalue weighted by Gasteiger charge is -2.37. The number of fused-ring (bicyclic) bond motifs is 2. The van der Waals surface area contributed by atoms with Crippen molar-refractivity contribution in [1.82, 2.24) is 0 Å². The van der Waals surface area contributed by atoms with Crippen LogP contribution in [0.25, 0.3) is 0 Å². The van der Waals surface area contributed by atoms with Crippen LogP contribution in [0.15, 0.2) is 42.5 Å². The Bertz CT molecular complexity index is 864. The summed E-state index contributed by atoms with van der Waals surface area (Å²) in [4.78, 5) is 14.8. The highest BCUT2D eigenvalue weighted by molar-refractivity contribution is 8.00. The molecule has 0 unspecified atom stereocenters. The Morgan fingerprint density at radius 1 is 1.30 bits per heavy atom. The van der Waals surface area contributed by atoms with Gasteiger partial charge in [-0.1, -0.05) is 18.2 Å². The third kappa shape index (κ3) is 3.65. The molecule has 0 saturated carbocycles. The molecular weight excluding hydrogens is 358 g/mol. The van der Waals surface area contributed by atoms with Gasteiger partial charge in [0, 0.05) is 29.5 Å². The van der Waals surface area contributed by atoms with Gasteiger partial charge in [0.05, 0.1) is 12.9 Å². The summed E-state index contributed by atoms with van der Waals surface area (Å²) in [6, 6.07) is 14.1. The lowest BCUT2D eigenvalue weighted by Crippen LogP contribution is -2.35. The van der Waals surface area contributed by atoms with Crippen molar-refractivity contribution >= 4 is 23.4 Å². The van der Waals surface area contributed by atoms with E-state index in [0.29, 0.717) is 5.75 Å². The minimum atomic E-state index is -0.247. The normalized spacial score (nSPS) is 19.8. The van der Waals surface area contributed by atoms with Crippen molar-refractivity contribution in [2.45, 2.75) is 37.5 Å². The number of carbonyl (C=O) groups excluding carboxylic acids is 1. The van der Waals surface area contributed by atoms with Gasteiger partial charge in [-0.3, -0.25) is 4.79 Å². The number of benzene rings is 2. The van der Waals surface area contributed by atoms with Gasteiger partial charge in [-0.05, 0) is 50.1 Å². The molecule has 2 heterocycles. The molecule has 1 atom stereocenters. The third-order valence-electron chi connectivity index (χ3n) is 5.22. The van der Waals surface area contributed by atoms with Crippen molar-refractivity contribution in [3.05, 3.63) is 53.6 Å². The van der Waals surface area contributed by atoms with E-state index in [1.54, 1.807) is 18.9 Å². The molecule has 0 aromatic heterocycles. The number of amides is 1. The zero-order valence-corrected chi connectivity index (χ0v) is 16.8. The van der Waals surface area contributed by atoms with Gasteiger partial charge < -0.3 is 14.4 Å². The molecule has 2 aromatic carbocycles. The van der Waals surface area contributed by atoms with Gasteiger partial charge in [-0.15, -0.1) is 11.8 Å². The lowest BCUT2D eigenvalue weighted by molar-refractivity contribution is -0.116. The molecule has 4 nitrogen and oxygen atoms in total. The summed E-state index contributed by atoms with van der Waals surface area (Å²) in [6.45, 7) is 4.99. The number of carbonyl (C=O) groups is 1. The van der Waals surface area contributed by atoms with Gasteiger partial charge in [0.25, 0.3) is 0 Å². The van der Waals surface area contributed by atoms with Crippen molar-refractivity contribution < 1.29 is 14.3 Å². The zero-order chi connectivity index (χ0) is 19.0. The average Bonchev–Trinajstić information content (AvgIpc) is 3.09. The maximum absolute atomic E-state index is 12.9. The number of hydrogen-bond acceptors (Lipinski definition) is 4. The fourth-order valence-corrected chi connectivity index (χ4v) is 5.27. The first-order valence-corrected chi connectivity index (χ1v) is 10.4. The number of hydrogen-bond donors (Lipinski definition) is 0. The Kier molecular flexibility index (Phi) is 4.81. The van der Waals surface area contributed by atoms with E-state index in [0.717, 1.165) is 42.1 Å². The second kappa shape index (κ2) is 7.12. The van der Waals surface area contributed by atoms with E-state index in [1.807, 2.05) is 41.3 Å². The number of anilines is 1. The second-order valence-corrected chi connectivity index (χ2v) is 8.88. The Morgan fingerprint density at radius 3 is 2.93 bits per heavy atom. The van der Waals surface area contributed by atoms with Crippen molar-refractivity contribution in [1.29, 1.82) is 0 Å². The van der Waals surface area contributed by atoms with Crippen molar-refractivity contribution in [2.75, 3.05) is 24.3 Å². The second-order valence-electron chi connectivity index (χ2n) is 7.69. The zero-order valence-electron chi connectivity index (χ0n) is 16.0. The van der Waals surface area contributed by atoms with Crippen LogP contribution in [0.3, 0.4) is 0 Å². The summed E-state index contributed by atoms with van der Waals surface area (Å²) in [5.74, 6) is 2.36. The summed E-state index contributed by atoms with van der Waals surface area (Å²) in [5.41, 5.74) is 3.20. The van der Waals surface area contributed by atoms with Crippen molar-refractivity contribution in [2.24, 2.45) is 0 Å². The third-order valence-corrected chi connectivity index (χ3v) is 6.46. The summed E-state index contributed by atoms with van der Waals surface area (Å²) >= 11 is 1.70. The molecule has 0 fully saturated rings. The number of nitrogens with zero attached hydrogens (tertiary/aromatic N) is 1. The van der Waals surface area contributed by atoms with E-state index in [2.05, 4.69) is 19.9 Å². The lowest BCUT2D eigenvalue weighted by atomic mass is 9.93. The Labute approximate surface area is 164 Å². The van der Waals surface area contributed by atoms with Gasteiger partial charge in [0.1, 0.15) is 17.1 Å². The summed E-state index contributed by atoms with van der Waals surface area (Å²) < 4.78 is 11.5. The minimum Gasteiger partial charge on any atom is -0.497 e. The SMILES string of the molecule is COc1ccc2c(c1)[C@H](SCC(=O)N1CCc3ccccc31)CC(C)(C)O2. The molecule has 2 aliphatic rings. The van der Waals surface area contributed by atoms with Gasteiger partial charge in [-0.2, -0.15) is 0 Å². The van der Waals surface area contributed by atoms with Gasteiger partial charge in [0.2, 0.25) is 5.91 Å². The topological polar surface area (TPSA) is 38.8 Å². The number of thioether (sulfide) groups is 1. The van der Waals surface area contributed by atoms with Gasteiger partial charge in [-0.25, -0.2) is 0 Å². The van der Waals surface area contributed by atoms with E-state index in [4.69, 9.17) is 9.47 Å². The Balaban J connectivity index is 1.50. The molecule has 2 aliphatic heterocycles. The number of rotatable bonds is 4.